The lowest BCUT2D eigenvalue weighted by atomic mass is 9.88. The fraction of sp³-hybridized carbons (Fsp3) is 0.475. The van der Waals surface area contributed by atoms with Gasteiger partial charge in [0.25, 0.3) is 5.91 Å². The van der Waals surface area contributed by atoms with Gasteiger partial charge in [0.05, 0.1) is 30.5 Å². The van der Waals surface area contributed by atoms with Crippen molar-refractivity contribution in [3.8, 4) is 0 Å². The number of hydrogen-bond donors (Lipinski definition) is 0. The molecule has 1 aromatic heterocycles. The molecule has 11 nitrogen and oxygen atoms in total. The maximum absolute atomic E-state index is 13.8. The zero-order valence-electron chi connectivity index (χ0n) is 32.0. The summed E-state index contributed by atoms with van der Waals surface area (Å²) < 4.78 is 30.4. The molecule has 0 atom stereocenters. The molecule has 1 aliphatic heterocycles. The van der Waals surface area contributed by atoms with Gasteiger partial charge in [-0.25, -0.2) is 23.7 Å². The first kappa shape index (κ1) is 41.1. The summed E-state index contributed by atoms with van der Waals surface area (Å²) in [6, 6.07) is 13.2. The van der Waals surface area contributed by atoms with Gasteiger partial charge in [-0.05, 0) is 116 Å². The van der Waals surface area contributed by atoms with Crippen molar-refractivity contribution >= 4 is 41.5 Å². The number of rotatable bonds is 7. The number of carbonyl (C=O) groups excluding carboxylic acids is 4. The minimum absolute atomic E-state index is 0.0357. The monoisotopic (exact) mass is 752 g/mol. The molecular weight excluding hydrogens is 703 g/mol. The Morgan fingerprint density at radius 2 is 1.38 bits per heavy atom. The average molecular weight is 753 g/mol. The second-order valence-electron chi connectivity index (χ2n) is 16.1. The van der Waals surface area contributed by atoms with Crippen molar-refractivity contribution in [2.75, 3.05) is 18.0 Å². The van der Waals surface area contributed by atoms with E-state index >= 15 is 0 Å². The second-order valence-corrected chi connectivity index (χ2v) is 16.5. The first-order valence-corrected chi connectivity index (χ1v) is 18.0. The van der Waals surface area contributed by atoms with Gasteiger partial charge in [0.1, 0.15) is 22.6 Å². The van der Waals surface area contributed by atoms with Crippen molar-refractivity contribution in [2.24, 2.45) is 0 Å². The van der Waals surface area contributed by atoms with Crippen LogP contribution in [0.4, 0.5) is 24.5 Å². The smallest absolute Gasteiger partial charge is 0.420 e. The van der Waals surface area contributed by atoms with E-state index in [9.17, 15) is 23.6 Å². The van der Waals surface area contributed by atoms with Gasteiger partial charge in [0.15, 0.2) is 0 Å². The molecule has 4 rings (SSSR count). The minimum Gasteiger partial charge on any atom is -0.443 e. The maximum atomic E-state index is 13.8. The number of amides is 4. The summed E-state index contributed by atoms with van der Waals surface area (Å²) in [7, 11) is 0. The topological polar surface area (TPSA) is 119 Å². The van der Waals surface area contributed by atoms with Gasteiger partial charge >= 0.3 is 18.3 Å². The van der Waals surface area contributed by atoms with Crippen molar-refractivity contribution < 1.29 is 37.8 Å². The van der Waals surface area contributed by atoms with Crippen LogP contribution in [0.3, 0.4) is 0 Å². The van der Waals surface area contributed by atoms with Gasteiger partial charge in [-0.1, -0.05) is 41.9 Å². The van der Waals surface area contributed by atoms with E-state index in [-0.39, 0.29) is 29.9 Å². The molecule has 0 radical (unpaired) electrons. The number of aromatic nitrogens is 1. The number of halogens is 2. The molecule has 2 aromatic carbocycles. The highest BCUT2D eigenvalue weighted by molar-refractivity contribution is 6.31. The van der Waals surface area contributed by atoms with Crippen LogP contribution >= 0.6 is 11.6 Å². The number of carbonyl (C=O) groups is 4. The Kier molecular flexibility index (Phi) is 12.8. The lowest BCUT2D eigenvalue weighted by molar-refractivity contribution is -0.000318. The van der Waals surface area contributed by atoms with Crippen LogP contribution in [0, 0.1) is 5.82 Å². The molecule has 0 saturated carbocycles. The molecule has 3 aromatic rings. The third kappa shape index (κ3) is 12.2. The van der Waals surface area contributed by atoms with Crippen LogP contribution in [-0.4, -0.2) is 68.9 Å². The zero-order valence-corrected chi connectivity index (χ0v) is 32.8. The fourth-order valence-corrected chi connectivity index (χ4v) is 5.88. The fourth-order valence-electron chi connectivity index (χ4n) is 5.66. The van der Waals surface area contributed by atoms with Crippen LogP contribution in [0.5, 0.6) is 0 Å². The van der Waals surface area contributed by atoms with Crippen molar-refractivity contribution in [3.63, 3.8) is 0 Å². The predicted molar refractivity (Wildman–Crippen MR) is 200 cm³/mol. The van der Waals surface area contributed by atoms with E-state index < -0.39 is 40.9 Å². The molecule has 286 valence electrons. The Bertz CT molecular complexity index is 1780. The molecule has 13 heteroatoms. The first-order chi connectivity index (χ1) is 24.6. The quantitative estimate of drug-likeness (QED) is 0.219. The molecule has 1 saturated heterocycles. The number of anilines is 1. The molecule has 0 N–H and O–H groups in total. The Labute approximate surface area is 316 Å². The molecule has 53 heavy (non-hydrogen) atoms. The molecular formula is C40H50ClFN4O7. The van der Waals surface area contributed by atoms with E-state index in [4.69, 9.17) is 25.8 Å². The van der Waals surface area contributed by atoms with Crippen LogP contribution in [0.25, 0.3) is 0 Å². The summed E-state index contributed by atoms with van der Waals surface area (Å²) in [5.74, 6) is -0.611. The Morgan fingerprint density at radius 1 is 0.792 bits per heavy atom. The van der Waals surface area contributed by atoms with Gasteiger partial charge in [-0.15, -0.1) is 0 Å². The van der Waals surface area contributed by atoms with Gasteiger partial charge in [0.2, 0.25) is 0 Å². The number of hydrogen-bond acceptors (Lipinski definition) is 8. The third-order valence-electron chi connectivity index (χ3n) is 8.01. The number of imide groups is 1. The molecule has 0 unspecified atom stereocenters. The number of piperidine rings is 1. The molecule has 2 heterocycles. The SMILES string of the molecule is CC(C)(C)OC(=O)N(Cc1cccc(C2CCN(C(=O)c3cncc(N(Cc4ccc(F)cc4Cl)C(=O)OC(C)(C)C)c3)CC2)c1)C(=O)OC(C)(C)C. The van der Waals surface area contributed by atoms with Crippen molar-refractivity contribution in [3.05, 3.63) is 94.0 Å². The molecule has 0 bridgehead atoms. The standard InChI is InChI=1S/C40H50ClFN4O7/c1-38(2,3)51-35(48)45(25-29-13-14-31(42)21-33(29)41)32-20-30(22-43-23-32)34(47)44-17-15-27(16-18-44)28-12-10-11-26(19-28)24-46(36(49)52-39(4,5)6)37(50)53-40(7,8)9/h10-14,19-23,27H,15-18,24-25H2,1-9H3. The highest BCUT2D eigenvalue weighted by Crippen LogP contribution is 2.31. The van der Waals surface area contributed by atoms with Crippen LogP contribution in [0.1, 0.15) is 108 Å². The van der Waals surface area contributed by atoms with Crippen LogP contribution in [0.15, 0.2) is 60.9 Å². The summed E-state index contributed by atoms with van der Waals surface area (Å²) in [6.07, 6.45) is 2.01. The molecule has 4 amide bonds. The first-order valence-electron chi connectivity index (χ1n) is 17.6. The zero-order chi connectivity index (χ0) is 39.3. The summed E-state index contributed by atoms with van der Waals surface area (Å²) >= 11 is 6.30. The number of likely N-dealkylation sites (tertiary alicyclic amines) is 1. The largest absolute Gasteiger partial charge is 0.443 e. The normalized spacial score (nSPS) is 14.0. The van der Waals surface area contributed by atoms with E-state index in [0.29, 0.717) is 42.7 Å². The number of ether oxygens (including phenoxy) is 3. The third-order valence-corrected chi connectivity index (χ3v) is 8.36. The van der Waals surface area contributed by atoms with E-state index in [1.165, 1.54) is 35.5 Å². The van der Waals surface area contributed by atoms with Crippen molar-refractivity contribution in [1.29, 1.82) is 0 Å². The van der Waals surface area contributed by atoms with Gasteiger partial charge in [-0.2, -0.15) is 0 Å². The van der Waals surface area contributed by atoms with Crippen molar-refractivity contribution in [2.45, 2.75) is 111 Å². The lowest BCUT2D eigenvalue weighted by Gasteiger charge is -2.33. The molecule has 1 fully saturated rings. The van der Waals surface area contributed by atoms with Crippen LogP contribution in [0.2, 0.25) is 5.02 Å². The highest BCUT2D eigenvalue weighted by Gasteiger charge is 2.32. The highest BCUT2D eigenvalue weighted by atomic mass is 35.5. The van der Waals surface area contributed by atoms with Gasteiger partial charge < -0.3 is 19.1 Å². The molecule has 0 spiro atoms. The summed E-state index contributed by atoms with van der Waals surface area (Å²) in [5.41, 5.74) is 0.452. The van der Waals surface area contributed by atoms with Crippen LogP contribution < -0.4 is 4.90 Å². The Hall–Kier alpha value is -4.71. The van der Waals surface area contributed by atoms with Crippen molar-refractivity contribution in [1.82, 2.24) is 14.8 Å². The van der Waals surface area contributed by atoms with Crippen LogP contribution in [-0.2, 0) is 27.3 Å². The van der Waals surface area contributed by atoms with Gasteiger partial charge in [-0.3, -0.25) is 14.7 Å². The summed E-state index contributed by atoms with van der Waals surface area (Å²) in [6.45, 7) is 16.5. The Morgan fingerprint density at radius 3 is 1.94 bits per heavy atom. The molecule has 0 aliphatic carbocycles. The number of nitrogens with zero attached hydrogens (tertiary/aromatic N) is 4. The average Bonchev–Trinajstić information content (AvgIpc) is 3.04. The number of benzene rings is 2. The van der Waals surface area contributed by atoms with E-state index in [0.717, 1.165) is 16.0 Å². The summed E-state index contributed by atoms with van der Waals surface area (Å²) in [4.78, 5) is 61.6. The number of pyridine rings is 1. The Balaban J connectivity index is 1.48. The molecule has 1 aliphatic rings. The predicted octanol–water partition coefficient (Wildman–Crippen LogP) is 9.51. The summed E-state index contributed by atoms with van der Waals surface area (Å²) in [5, 5.41) is 0.149. The van der Waals surface area contributed by atoms with E-state index in [1.807, 2.05) is 24.3 Å². The second kappa shape index (κ2) is 16.5. The lowest BCUT2D eigenvalue weighted by Crippen LogP contribution is -2.43. The van der Waals surface area contributed by atoms with E-state index in [2.05, 4.69) is 4.98 Å². The van der Waals surface area contributed by atoms with E-state index in [1.54, 1.807) is 73.3 Å². The van der Waals surface area contributed by atoms with Gasteiger partial charge in [0, 0.05) is 24.3 Å². The maximum Gasteiger partial charge on any atom is 0.420 e. The minimum atomic E-state index is -0.808.